The number of hydrogen-bond donors (Lipinski definition) is 0. The average molecular weight is 220 g/mol. The van der Waals surface area contributed by atoms with Gasteiger partial charge in [0, 0.05) is 6.08 Å². The van der Waals surface area contributed by atoms with E-state index in [1.165, 1.54) is 13.2 Å². The van der Waals surface area contributed by atoms with Gasteiger partial charge in [0.05, 0.1) is 19.8 Å². The van der Waals surface area contributed by atoms with E-state index in [0.29, 0.717) is 6.61 Å². The Morgan fingerprint density at radius 2 is 2.06 bits per heavy atom. The summed E-state index contributed by atoms with van der Waals surface area (Å²) >= 11 is 0. The molecule has 0 bridgehead atoms. The van der Waals surface area contributed by atoms with Crippen molar-refractivity contribution in [1.29, 1.82) is 0 Å². The normalized spacial score (nSPS) is 12.6. The van der Waals surface area contributed by atoms with E-state index in [1.807, 2.05) is 37.3 Å². The monoisotopic (exact) mass is 220 g/mol. The van der Waals surface area contributed by atoms with Crippen LogP contribution in [0.5, 0.6) is 0 Å². The van der Waals surface area contributed by atoms with Crippen LogP contribution in [0, 0.1) is 0 Å². The third kappa shape index (κ3) is 4.75. The van der Waals surface area contributed by atoms with E-state index < -0.39 is 0 Å². The Bertz CT molecular complexity index is 343. The van der Waals surface area contributed by atoms with Crippen LogP contribution in [0.4, 0.5) is 0 Å². The summed E-state index contributed by atoms with van der Waals surface area (Å²) < 4.78 is 10.0. The number of esters is 1. The molecule has 0 N–H and O–H groups in total. The lowest BCUT2D eigenvalue weighted by molar-refractivity contribution is -0.134. The molecule has 16 heavy (non-hydrogen) atoms. The summed E-state index contributed by atoms with van der Waals surface area (Å²) in [4.78, 5) is 10.8. The third-order valence-electron chi connectivity index (χ3n) is 2.06. The molecule has 1 atom stereocenters. The molecule has 3 nitrogen and oxygen atoms in total. The molecule has 0 aliphatic heterocycles. The lowest BCUT2D eigenvalue weighted by Crippen LogP contribution is -2.06. The zero-order valence-corrected chi connectivity index (χ0v) is 9.55. The molecule has 86 valence electrons. The fraction of sp³-hybridized carbons (Fsp3) is 0.308. The van der Waals surface area contributed by atoms with Crippen molar-refractivity contribution in [2.45, 2.75) is 19.6 Å². The summed E-state index contributed by atoms with van der Waals surface area (Å²) in [5, 5.41) is 0. The Kier molecular flexibility index (Phi) is 5.29. The van der Waals surface area contributed by atoms with Gasteiger partial charge in [0.1, 0.15) is 0 Å². The van der Waals surface area contributed by atoms with Crippen molar-refractivity contribution in [3.8, 4) is 0 Å². The highest BCUT2D eigenvalue weighted by atomic mass is 16.5. The second-order valence-corrected chi connectivity index (χ2v) is 3.38. The molecule has 0 amide bonds. The van der Waals surface area contributed by atoms with Gasteiger partial charge in [0.15, 0.2) is 0 Å². The van der Waals surface area contributed by atoms with Gasteiger partial charge >= 0.3 is 5.97 Å². The predicted octanol–water partition coefficient (Wildman–Crippen LogP) is 2.32. The summed E-state index contributed by atoms with van der Waals surface area (Å²) in [5.41, 5.74) is 1.11. The van der Waals surface area contributed by atoms with Crippen LogP contribution in [0.3, 0.4) is 0 Å². The van der Waals surface area contributed by atoms with E-state index in [-0.39, 0.29) is 12.1 Å². The molecule has 0 radical (unpaired) electrons. The van der Waals surface area contributed by atoms with Crippen molar-refractivity contribution in [2.24, 2.45) is 0 Å². The van der Waals surface area contributed by atoms with Gasteiger partial charge in [-0.15, -0.1) is 0 Å². The average Bonchev–Trinajstić information content (AvgIpc) is 2.34. The fourth-order valence-corrected chi connectivity index (χ4v) is 1.14. The summed E-state index contributed by atoms with van der Waals surface area (Å²) in [6.07, 6.45) is 2.93. The lowest BCUT2D eigenvalue weighted by atomic mass is 10.2. The highest BCUT2D eigenvalue weighted by molar-refractivity contribution is 5.81. The predicted molar refractivity (Wildman–Crippen MR) is 61.8 cm³/mol. The minimum Gasteiger partial charge on any atom is -0.466 e. The first-order valence-electron chi connectivity index (χ1n) is 5.14. The quantitative estimate of drug-likeness (QED) is 0.564. The number of ether oxygens (including phenoxy) is 2. The second kappa shape index (κ2) is 6.80. The Morgan fingerprint density at radius 1 is 1.38 bits per heavy atom. The first-order chi connectivity index (χ1) is 7.72. The van der Waals surface area contributed by atoms with Gasteiger partial charge in [-0.25, -0.2) is 4.79 Å². The molecule has 0 saturated heterocycles. The van der Waals surface area contributed by atoms with Crippen LogP contribution >= 0.6 is 0 Å². The minimum absolute atomic E-state index is 0.112. The largest absolute Gasteiger partial charge is 0.466 e. The zero-order valence-electron chi connectivity index (χ0n) is 9.55. The second-order valence-electron chi connectivity index (χ2n) is 3.38. The number of hydrogen-bond acceptors (Lipinski definition) is 3. The minimum atomic E-state index is -0.366. The maximum Gasteiger partial charge on any atom is 0.330 e. The maximum atomic E-state index is 10.8. The molecule has 0 fully saturated rings. The van der Waals surface area contributed by atoms with Gasteiger partial charge in [-0.05, 0) is 18.6 Å². The molecule has 0 aromatic heterocycles. The van der Waals surface area contributed by atoms with Crippen molar-refractivity contribution in [1.82, 2.24) is 0 Å². The SMILES string of the molecule is COC(=O)/C=C/[C@@H](C)OCc1ccccc1. The maximum absolute atomic E-state index is 10.8. The molecule has 0 saturated carbocycles. The summed E-state index contributed by atoms with van der Waals surface area (Å²) in [5.74, 6) is -0.366. The molecule has 0 spiro atoms. The van der Waals surface area contributed by atoms with E-state index in [4.69, 9.17) is 4.74 Å². The zero-order chi connectivity index (χ0) is 11.8. The molecule has 0 heterocycles. The van der Waals surface area contributed by atoms with Crippen LogP contribution in [-0.4, -0.2) is 19.2 Å². The molecule has 1 rings (SSSR count). The van der Waals surface area contributed by atoms with Crippen molar-refractivity contribution < 1.29 is 14.3 Å². The van der Waals surface area contributed by atoms with Gasteiger partial charge in [-0.3, -0.25) is 0 Å². The highest BCUT2D eigenvalue weighted by Gasteiger charge is 1.99. The first kappa shape index (κ1) is 12.5. The van der Waals surface area contributed by atoms with Crippen LogP contribution in [0.1, 0.15) is 12.5 Å². The van der Waals surface area contributed by atoms with Crippen molar-refractivity contribution >= 4 is 5.97 Å². The van der Waals surface area contributed by atoms with E-state index in [1.54, 1.807) is 6.08 Å². The molecule has 1 aromatic rings. The molecular formula is C13H16O3. The summed E-state index contributed by atoms with van der Waals surface area (Å²) in [6.45, 7) is 2.41. The Balaban J connectivity index is 2.33. The van der Waals surface area contributed by atoms with Crippen LogP contribution in [0.15, 0.2) is 42.5 Å². The van der Waals surface area contributed by atoms with Crippen LogP contribution < -0.4 is 0 Å². The fourth-order valence-electron chi connectivity index (χ4n) is 1.14. The van der Waals surface area contributed by atoms with Gasteiger partial charge in [0.25, 0.3) is 0 Å². The Hall–Kier alpha value is -1.61. The standard InChI is InChI=1S/C13H16O3/c1-11(8-9-13(14)15-2)16-10-12-6-4-3-5-7-12/h3-9,11H,10H2,1-2H3/b9-8+/t11-/m1/s1. The van der Waals surface area contributed by atoms with Crippen molar-refractivity contribution in [2.75, 3.05) is 7.11 Å². The summed E-state index contributed by atoms with van der Waals surface area (Å²) in [6, 6.07) is 9.89. The number of benzene rings is 1. The molecule has 0 aliphatic rings. The molecule has 0 unspecified atom stereocenters. The van der Waals surface area contributed by atoms with E-state index in [0.717, 1.165) is 5.56 Å². The van der Waals surface area contributed by atoms with E-state index >= 15 is 0 Å². The molecule has 0 aliphatic carbocycles. The van der Waals surface area contributed by atoms with E-state index in [2.05, 4.69) is 4.74 Å². The number of methoxy groups -OCH3 is 1. The van der Waals surface area contributed by atoms with Gasteiger partial charge in [-0.2, -0.15) is 0 Å². The highest BCUT2D eigenvalue weighted by Crippen LogP contribution is 2.03. The number of rotatable bonds is 5. The van der Waals surface area contributed by atoms with Crippen molar-refractivity contribution in [3.05, 3.63) is 48.0 Å². The van der Waals surface area contributed by atoms with Gasteiger partial charge in [0.2, 0.25) is 0 Å². The summed E-state index contributed by atoms with van der Waals surface area (Å²) in [7, 11) is 1.35. The first-order valence-corrected chi connectivity index (χ1v) is 5.14. The van der Waals surface area contributed by atoms with Crippen LogP contribution in [0.2, 0.25) is 0 Å². The smallest absolute Gasteiger partial charge is 0.330 e. The number of carbonyl (C=O) groups is 1. The Morgan fingerprint density at radius 3 is 2.69 bits per heavy atom. The topological polar surface area (TPSA) is 35.5 Å². The van der Waals surface area contributed by atoms with Crippen molar-refractivity contribution in [3.63, 3.8) is 0 Å². The van der Waals surface area contributed by atoms with E-state index in [9.17, 15) is 4.79 Å². The van der Waals surface area contributed by atoms with Gasteiger partial charge < -0.3 is 9.47 Å². The lowest BCUT2D eigenvalue weighted by Gasteiger charge is -2.08. The van der Waals surface area contributed by atoms with Crippen LogP contribution in [-0.2, 0) is 20.9 Å². The van der Waals surface area contributed by atoms with Gasteiger partial charge in [-0.1, -0.05) is 30.3 Å². The molecular weight excluding hydrogens is 204 g/mol. The molecule has 1 aromatic carbocycles. The van der Waals surface area contributed by atoms with Crippen LogP contribution in [0.25, 0.3) is 0 Å². The Labute approximate surface area is 95.7 Å². The third-order valence-corrected chi connectivity index (χ3v) is 2.06. The molecule has 3 heteroatoms. The number of carbonyl (C=O) groups excluding carboxylic acids is 1.